The summed E-state index contributed by atoms with van der Waals surface area (Å²) in [5, 5.41) is 0. The average Bonchev–Trinajstić information content (AvgIpc) is 2.44. The molecule has 0 fully saturated rings. The number of nitrogens with two attached hydrogens (primary N) is 1. The van der Waals surface area contributed by atoms with E-state index >= 15 is 0 Å². The lowest BCUT2D eigenvalue weighted by Crippen LogP contribution is -2.17. The van der Waals surface area contributed by atoms with Crippen molar-refractivity contribution in [2.24, 2.45) is 5.73 Å². The maximum absolute atomic E-state index is 14.3. The van der Waals surface area contributed by atoms with Crippen molar-refractivity contribution in [3.8, 4) is 0 Å². The van der Waals surface area contributed by atoms with Crippen LogP contribution < -0.4 is 10.6 Å². The van der Waals surface area contributed by atoms with Gasteiger partial charge < -0.3 is 10.6 Å². The van der Waals surface area contributed by atoms with Crippen LogP contribution in [0.1, 0.15) is 18.1 Å². The van der Waals surface area contributed by atoms with Gasteiger partial charge in [-0.15, -0.1) is 0 Å². The van der Waals surface area contributed by atoms with Gasteiger partial charge in [0.05, 0.1) is 5.69 Å². The summed E-state index contributed by atoms with van der Waals surface area (Å²) >= 11 is 0. The highest BCUT2D eigenvalue weighted by molar-refractivity contribution is 5.64. The van der Waals surface area contributed by atoms with E-state index in [9.17, 15) is 4.39 Å². The van der Waals surface area contributed by atoms with Crippen LogP contribution in [0.5, 0.6) is 0 Å². The van der Waals surface area contributed by atoms with Crippen LogP contribution in [0.15, 0.2) is 42.5 Å². The third-order valence-corrected chi connectivity index (χ3v) is 3.40. The van der Waals surface area contributed by atoms with Crippen molar-refractivity contribution in [3.05, 3.63) is 59.4 Å². The van der Waals surface area contributed by atoms with Crippen molar-refractivity contribution >= 4 is 11.4 Å². The number of benzene rings is 2. The first-order valence-corrected chi connectivity index (χ1v) is 6.98. The molecule has 0 amide bonds. The van der Waals surface area contributed by atoms with Crippen molar-refractivity contribution in [3.63, 3.8) is 0 Å². The minimum absolute atomic E-state index is 0.196. The molecule has 0 bridgehead atoms. The van der Waals surface area contributed by atoms with Gasteiger partial charge in [0.2, 0.25) is 0 Å². The molecule has 0 aliphatic rings. The summed E-state index contributed by atoms with van der Waals surface area (Å²) in [6.45, 7) is 5.32. The Hall–Kier alpha value is -1.87. The molecule has 2 rings (SSSR count). The maximum atomic E-state index is 14.3. The zero-order valence-electron chi connectivity index (χ0n) is 12.1. The molecule has 20 heavy (non-hydrogen) atoms. The van der Waals surface area contributed by atoms with Crippen molar-refractivity contribution in [1.82, 2.24) is 0 Å². The van der Waals surface area contributed by atoms with Gasteiger partial charge in [0.1, 0.15) is 5.82 Å². The molecule has 0 heterocycles. The fraction of sp³-hybridized carbons (Fsp3) is 0.294. The Morgan fingerprint density at radius 1 is 1.10 bits per heavy atom. The predicted molar refractivity (Wildman–Crippen MR) is 83.0 cm³/mol. The van der Waals surface area contributed by atoms with E-state index in [4.69, 9.17) is 5.73 Å². The van der Waals surface area contributed by atoms with E-state index in [1.54, 1.807) is 6.07 Å². The van der Waals surface area contributed by atoms with E-state index in [1.807, 2.05) is 55.1 Å². The molecule has 0 aliphatic heterocycles. The van der Waals surface area contributed by atoms with E-state index < -0.39 is 0 Å². The van der Waals surface area contributed by atoms with Gasteiger partial charge in [-0.3, -0.25) is 0 Å². The molecule has 0 aliphatic carbocycles. The molecule has 106 valence electrons. The normalized spacial score (nSPS) is 10.6. The number of nitrogens with zero attached hydrogens (tertiary/aromatic N) is 1. The number of halogens is 1. The Bertz CT molecular complexity index is 564. The Morgan fingerprint density at radius 3 is 2.35 bits per heavy atom. The second-order valence-electron chi connectivity index (χ2n) is 4.90. The molecule has 2 aromatic carbocycles. The van der Waals surface area contributed by atoms with Crippen LogP contribution in [0.2, 0.25) is 0 Å². The van der Waals surface area contributed by atoms with Crippen molar-refractivity contribution in [1.29, 1.82) is 0 Å². The van der Waals surface area contributed by atoms with Crippen molar-refractivity contribution in [2.45, 2.75) is 20.3 Å². The van der Waals surface area contributed by atoms with Crippen LogP contribution >= 0.6 is 0 Å². The first-order chi connectivity index (χ1) is 9.65. The monoisotopic (exact) mass is 272 g/mol. The minimum atomic E-state index is -0.196. The zero-order chi connectivity index (χ0) is 14.5. The molecule has 2 aromatic rings. The minimum Gasteiger partial charge on any atom is -0.339 e. The summed E-state index contributed by atoms with van der Waals surface area (Å²) in [6, 6.07) is 13.5. The number of hydrogen-bond acceptors (Lipinski definition) is 2. The Morgan fingerprint density at radius 2 is 1.80 bits per heavy atom. The lowest BCUT2D eigenvalue weighted by molar-refractivity contribution is 0.623. The second-order valence-corrected chi connectivity index (χ2v) is 4.90. The van der Waals surface area contributed by atoms with E-state index in [0.29, 0.717) is 18.7 Å². The van der Waals surface area contributed by atoms with Crippen LogP contribution in [0.4, 0.5) is 15.8 Å². The molecule has 0 aromatic heterocycles. The second kappa shape index (κ2) is 6.53. The number of hydrogen-bond donors (Lipinski definition) is 1. The number of anilines is 2. The van der Waals surface area contributed by atoms with Gasteiger partial charge in [-0.05, 0) is 56.6 Å². The van der Waals surface area contributed by atoms with Crippen LogP contribution in [-0.2, 0) is 6.42 Å². The van der Waals surface area contributed by atoms with E-state index in [-0.39, 0.29) is 5.82 Å². The lowest BCUT2D eigenvalue weighted by Gasteiger charge is -2.24. The summed E-state index contributed by atoms with van der Waals surface area (Å²) in [6.07, 6.45) is 0.702. The van der Waals surface area contributed by atoms with Crippen LogP contribution in [0, 0.1) is 12.7 Å². The highest BCUT2D eigenvalue weighted by atomic mass is 19.1. The number of rotatable bonds is 5. The van der Waals surface area contributed by atoms with Crippen molar-refractivity contribution < 1.29 is 4.39 Å². The quantitative estimate of drug-likeness (QED) is 0.897. The Kier molecular flexibility index (Phi) is 4.74. The topological polar surface area (TPSA) is 29.3 Å². The van der Waals surface area contributed by atoms with E-state index in [0.717, 1.165) is 17.8 Å². The summed E-state index contributed by atoms with van der Waals surface area (Å²) in [7, 11) is 0. The van der Waals surface area contributed by atoms with Gasteiger partial charge in [0.25, 0.3) is 0 Å². The maximum Gasteiger partial charge on any atom is 0.147 e. The Balaban J connectivity index is 2.34. The molecule has 0 spiro atoms. The fourth-order valence-electron chi connectivity index (χ4n) is 2.31. The third kappa shape index (κ3) is 3.17. The molecule has 0 unspecified atom stereocenters. The smallest absolute Gasteiger partial charge is 0.147 e. The molecule has 0 saturated heterocycles. The third-order valence-electron chi connectivity index (χ3n) is 3.40. The van der Waals surface area contributed by atoms with Crippen LogP contribution in [0.25, 0.3) is 0 Å². The van der Waals surface area contributed by atoms with Crippen LogP contribution in [-0.4, -0.2) is 13.1 Å². The first-order valence-electron chi connectivity index (χ1n) is 6.98. The highest BCUT2D eigenvalue weighted by Crippen LogP contribution is 2.28. The van der Waals surface area contributed by atoms with Gasteiger partial charge in [0, 0.05) is 12.2 Å². The molecular formula is C17H21FN2. The molecule has 2 nitrogen and oxygen atoms in total. The largest absolute Gasteiger partial charge is 0.339 e. The molecule has 0 saturated carbocycles. The summed E-state index contributed by atoms with van der Waals surface area (Å²) < 4.78 is 14.3. The van der Waals surface area contributed by atoms with E-state index in [1.165, 1.54) is 5.56 Å². The Labute approximate surface area is 120 Å². The summed E-state index contributed by atoms with van der Waals surface area (Å²) in [5.41, 5.74) is 9.26. The molecule has 0 radical (unpaired) electrons. The summed E-state index contributed by atoms with van der Waals surface area (Å²) in [4.78, 5) is 1.97. The SMILES string of the molecule is CCN(c1ccc(C)cc1)c1ccc(CCN)cc1F. The highest BCUT2D eigenvalue weighted by Gasteiger charge is 2.12. The van der Waals surface area contributed by atoms with Gasteiger partial charge >= 0.3 is 0 Å². The van der Waals surface area contributed by atoms with Gasteiger partial charge in [0.15, 0.2) is 0 Å². The first kappa shape index (κ1) is 14.5. The standard InChI is InChI=1S/C17H21FN2/c1-3-20(15-7-4-13(2)5-8-15)17-9-6-14(10-11-19)12-16(17)18/h4-9,12H,3,10-11,19H2,1-2H3. The molecule has 3 heteroatoms. The lowest BCUT2D eigenvalue weighted by atomic mass is 10.1. The predicted octanol–water partition coefficient (Wildman–Crippen LogP) is 3.79. The van der Waals surface area contributed by atoms with Gasteiger partial charge in [-0.25, -0.2) is 4.39 Å². The zero-order valence-corrected chi connectivity index (χ0v) is 12.1. The van der Waals surface area contributed by atoms with Gasteiger partial charge in [-0.2, -0.15) is 0 Å². The van der Waals surface area contributed by atoms with Gasteiger partial charge in [-0.1, -0.05) is 23.8 Å². The molecule has 0 atom stereocenters. The average molecular weight is 272 g/mol. The molecular weight excluding hydrogens is 251 g/mol. The van der Waals surface area contributed by atoms with Crippen LogP contribution in [0.3, 0.4) is 0 Å². The fourth-order valence-corrected chi connectivity index (χ4v) is 2.31. The molecule has 2 N–H and O–H groups in total. The van der Waals surface area contributed by atoms with E-state index in [2.05, 4.69) is 0 Å². The summed E-state index contributed by atoms with van der Waals surface area (Å²) in [5.74, 6) is -0.196. The van der Waals surface area contributed by atoms with Crippen molar-refractivity contribution in [2.75, 3.05) is 18.0 Å². The number of aryl methyl sites for hydroxylation is 1.